The first kappa shape index (κ1) is 25.6. The van der Waals surface area contributed by atoms with Crippen molar-refractivity contribution in [1.29, 1.82) is 0 Å². The Balaban J connectivity index is 1.49. The van der Waals surface area contributed by atoms with Gasteiger partial charge in [-0.1, -0.05) is 12.1 Å². The number of sulfonamides is 1. The van der Waals surface area contributed by atoms with Crippen LogP contribution in [0, 0.1) is 5.82 Å². The van der Waals surface area contributed by atoms with Crippen LogP contribution in [0.2, 0.25) is 0 Å². The van der Waals surface area contributed by atoms with Crippen molar-refractivity contribution in [3.8, 4) is 11.3 Å². The van der Waals surface area contributed by atoms with Crippen LogP contribution >= 0.6 is 0 Å². The third kappa shape index (κ3) is 5.62. The van der Waals surface area contributed by atoms with Crippen molar-refractivity contribution < 1.29 is 26.0 Å². The molecule has 0 atom stereocenters. The zero-order valence-electron chi connectivity index (χ0n) is 20.0. The van der Waals surface area contributed by atoms with E-state index in [0.717, 1.165) is 6.26 Å². The molecule has 0 aliphatic heterocycles. The summed E-state index contributed by atoms with van der Waals surface area (Å²) in [5.41, 5.74) is 0.430. The van der Waals surface area contributed by atoms with Gasteiger partial charge in [-0.25, -0.2) is 22.8 Å². The van der Waals surface area contributed by atoms with E-state index in [9.17, 15) is 26.0 Å². The van der Waals surface area contributed by atoms with E-state index in [4.69, 9.17) is 0 Å². The number of nitrogens with one attached hydrogen (secondary N) is 3. The molecule has 38 heavy (non-hydrogen) atoms. The Hall–Kier alpha value is -4.00. The minimum absolute atomic E-state index is 0.0655. The zero-order chi connectivity index (χ0) is 27.1. The summed E-state index contributed by atoms with van der Waals surface area (Å²) in [6.07, 6.45) is -3.64. The van der Waals surface area contributed by atoms with Crippen LogP contribution in [-0.2, 0) is 16.6 Å². The Labute approximate surface area is 215 Å². The van der Waals surface area contributed by atoms with Gasteiger partial charge in [-0.05, 0) is 66.9 Å². The fourth-order valence-electron chi connectivity index (χ4n) is 3.93. The predicted molar refractivity (Wildman–Crippen MR) is 137 cm³/mol. The smallest absolute Gasteiger partial charge is 0.354 e. The molecule has 1 saturated carbocycles. The molecule has 1 aliphatic rings. The van der Waals surface area contributed by atoms with Gasteiger partial charge < -0.3 is 10.6 Å². The highest BCUT2D eigenvalue weighted by Gasteiger charge is 2.64. The van der Waals surface area contributed by atoms with Crippen LogP contribution < -0.4 is 15.4 Å². The molecule has 5 rings (SSSR count). The van der Waals surface area contributed by atoms with Gasteiger partial charge in [0.15, 0.2) is 5.82 Å². The molecule has 2 aromatic carbocycles. The zero-order valence-corrected chi connectivity index (χ0v) is 20.8. The fraction of sp³-hybridized carbons (Fsp3) is 0.240. The number of fused-ring (bicyclic) bond motifs is 1. The molecule has 0 saturated heterocycles. The van der Waals surface area contributed by atoms with Crippen molar-refractivity contribution in [1.82, 2.24) is 15.0 Å². The van der Waals surface area contributed by atoms with E-state index in [1.54, 1.807) is 36.4 Å². The van der Waals surface area contributed by atoms with Crippen LogP contribution in [0.1, 0.15) is 18.4 Å². The summed E-state index contributed by atoms with van der Waals surface area (Å²) in [7, 11) is -3.46. The number of aromatic nitrogens is 3. The molecule has 4 aromatic rings. The lowest BCUT2D eigenvalue weighted by Crippen LogP contribution is -2.39. The molecule has 0 amide bonds. The normalized spacial score (nSPS) is 14.8. The standard InChI is InChI=1S/C25H22F4N6O2S/c1-38(36,37)35-18-4-2-3-15(13-18)14-30-23-32-20-10-9-19(16-5-7-17(26)8-6-16)31-21(20)22(33-23)34-24(11-12-24)25(27,28)29/h2-10,13,35H,11-12,14H2,1H3,(H2,30,32,33,34). The average molecular weight is 547 g/mol. The van der Waals surface area contributed by atoms with Crippen molar-refractivity contribution in [2.75, 3.05) is 21.6 Å². The molecule has 0 spiro atoms. The van der Waals surface area contributed by atoms with Crippen LogP contribution in [-0.4, -0.2) is 41.3 Å². The number of alkyl halides is 3. The molecule has 3 N–H and O–H groups in total. The van der Waals surface area contributed by atoms with Crippen LogP contribution in [0.25, 0.3) is 22.3 Å². The maximum atomic E-state index is 13.8. The Morgan fingerprint density at radius 2 is 1.71 bits per heavy atom. The van der Waals surface area contributed by atoms with Gasteiger partial charge in [0.1, 0.15) is 16.9 Å². The minimum Gasteiger partial charge on any atom is -0.354 e. The molecule has 198 valence electrons. The molecule has 0 unspecified atom stereocenters. The van der Waals surface area contributed by atoms with E-state index in [2.05, 4.69) is 30.3 Å². The van der Waals surface area contributed by atoms with Gasteiger partial charge in [-0.15, -0.1) is 0 Å². The summed E-state index contributed by atoms with van der Waals surface area (Å²) in [5.74, 6) is -0.436. The van der Waals surface area contributed by atoms with E-state index in [-0.39, 0.29) is 36.7 Å². The maximum Gasteiger partial charge on any atom is 0.411 e. The highest BCUT2D eigenvalue weighted by Crippen LogP contribution is 2.51. The summed E-state index contributed by atoms with van der Waals surface area (Å²) < 4.78 is 80.1. The first-order valence-corrected chi connectivity index (χ1v) is 13.4. The number of hydrogen-bond acceptors (Lipinski definition) is 7. The summed E-state index contributed by atoms with van der Waals surface area (Å²) in [4.78, 5) is 13.2. The third-order valence-electron chi connectivity index (χ3n) is 6.01. The van der Waals surface area contributed by atoms with Crippen LogP contribution in [0.15, 0.2) is 60.7 Å². The van der Waals surface area contributed by atoms with E-state index in [1.807, 2.05) is 0 Å². The summed E-state index contributed by atoms with van der Waals surface area (Å²) in [6, 6.07) is 15.5. The average Bonchev–Trinajstić information content (AvgIpc) is 3.63. The molecule has 2 heterocycles. The number of anilines is 3. The van der Waals surface area contributed by atoms with Gasteiger partial charge in [-0.3, -0.25) is 4.72 Å². The van der Waals surface area contributed by atoms with Gasteiger partial charge >= 0.3 is 6.18 Å². The van der Waals surface area contributed by atoms with Crippen LogP contribution in [0.5, 0.6) is 0 Å². The number of rotatable bonds is 8. The van der Waals surface area contributed by atoms with Gasteiger partial charge in [-0.2, -0.15) is 18.2 Å². The molecule has 1 fully saturated rings. The second-order valence-corrected chi connectivity index (χ2v) is 10.8. The number of benzene rings is 2. The summed E-state index contributed by atoms with van der Waals surface area (Å²) in [5, 5.41) is 5.55. The minimum atomic E-state index is -4.49. The maximum absolute atomic E-state index is 13.8. The number of nitrogens with zero attached hydrogens (tertiary/aromatic N) is 3. The first-order valence-electron chi connectivity index (χ1n) is 11.5. The van der Waals surface area contributed by atoms with Gasteiger partial charge in [0.25, 0.3) is 0 Å². The fourth-order valence-corrected chi connectivity index (χ4v) is 4.49. The lowest BCUT2D eigenvalue weighted by Gasteiger charge is -2.22. The lowest BCUT2D eigenvalue weighted by molar-refractivity contribution is -0.151. The second kappa shape index (κ2) is 9.39. The summed E-state index contributed by atoms with van der Waals surface area (Å²) in [6.45, 7) is 0.176. The Morgan fingerprint density at radius 3 is 2.37 bits per heavy atom. The molecular weight excluding hydrogens is 524 g/mol. The molecular formula is C25H22F4N6O2S. The highest BCUT2D eigenvalue weighted by atomic mass is 32.2. The molecule has 8 nitrogen and oxygen atoms in total. The quantitative estimate of drug-likeness (QED) is 0.257. The lowest BCUT2D eigenvalue weighted by atomic mass is 10.1. The number of pyridine rings is 1. The first-order chi connectivity index (χ1) is 17.9. The second-order valence-electron chi connectivity index (χ2n) is 9.10. The van der Waals surface area contributed by atoms with Crippen molar-refractivity contribution in [3.05, 3.63) is 72.0 Å². The van der Waals surface area contributed by atoms with Crippen LogP contribution in [0.3, 0.4) is 0 Å². The SMILES string of the molecule is CS(=O)(=O)Nc1cccc(CNc2nc(NC3(C(F)(F)F)CC3)c3nc(-c4ccc(F)cc4)ccc3n2)c1. The highest BCUT2D eigenvalue weighted by molar-refractivity contribution is 7.92. The molecule has 0 bridgehead atoms. The van der Waals surface area contributed by atoms with E-state index in [0.29, 0.717) is 28.0 Å². The van der Waals surface area contributed by atoms with Crippen molar-refractivity contribution in [2.45, 2.75) is 31.1 Å². The van der Waals surface area contributed by atoms with Gasteiger partial charge in [0.05, 0.1) is 17.5 Å². The predicted octanol–water partition coefficient (Wildman–Crippen LogP) is 5.32. The molecule has 2 aromatic heterocycles. The van der Waals surface area contributed by atoms with Crippen molar-refractivity contribution >= 4 is 38.5 Å². The van der Waals surface area contributed by atoms with Crippen molar-refractivity contribution in [3.63, 3.8) is 0 Å². The van der Waals surface area contributed by atoms with Crippen LogP contribution in [0.4, 0.5) is 35.0 Å². The van der Waals surface area contributed by atoms with Gasteiger partial charge in [0.2, 0.25) is 16.0 Å². The number of halogens is 4. The van der Waals surface area contributed by atoms with E-state index < -0.39 is 27.6 Å². The molecule has 13 heteroatoms. The Kier molecular flexibility index (Phi) is 6.33. The number of hydrogen-bond donors (Lipinski definition) is 3. The molecule has 0 radical (unpaired) electrons. The van der Waals surface area contributed by atoms with Gasteiger partial charge in [0, 0.05) is 17.8 Å². The van der Waals surface area contributed by atoms with E-state index >= 15 is 0 Å². The van der Waals surface area contributed by atoms with E-state index in [1.165, 1.54) is 24.3 Å². The van der Waals surface area contributed by atoms with Crippen molar-refractivity contribution in [2.24, 2.45) is 0 Å². The summed E-state index contributed by atoms with van der Waals surface area (Å²) >= 11 is 0. The Bertz CT molecular complexity index is 1610. The topological polar surface area (TPSA) is 109 Å². The largest absolute Gasteiger partial charge is 0.411 e. The Morgan fingerprint density at radius 1 is 0.974 bits per heavy atom. The molecule has 1 aliphatic carbocycles. The monoisotopic (exact) mass is 546 g/mol. The third-order valence-corrected chi connectivity index (χ3v) is 6.62.